The standard InChI is InChI=1S/C18H20F4N4O2S.C2H6/c1-29(2,3)26(14-7-13(19)8-23-9-14)10-12-5-4-11(6-15(12)20)17(27)24-25-18(28)16(21)22;1-2/h4-9,16H,10H2,1-3H3,(H,24,27)(H,25,28);1-2H3. The lowest BCUT2D eigenvalue weighted by Gasteiger charge is -2.42. The Kier molecular flexibility index (Phi) is 9.76. The van der Waals surface area contributed by atoms with Crippen molar-refractivity contribution < 1.29 is 27.2 Å². The van der Waals surface area contributed by atoms with Crippen molar-refractivity contribution in [2.75, 3.05) is 23.1 Å². The van der Waals surface area contributed by atoms with E-state index in [-0.39, 0.29) is 17.7 Å². The van der Waals surface area contributed by atoms with Crippen molar-refractivity contribution in [2.24, 2.45) is 0 Å². The first-order chi connectivity index (χ1) is 14.5. The van der Waals surface area contributed by atoms with Gasteiger partial charge >= 0.3 is 12.3 Å². The van der Waals surface area contributed by atoms with Gasteiger partial charge in [-0.05, 0) is 30.9 Å². The molecule has 2 aromatic rings. The zero-order chi connectivity index (χ0) is 23.8. The van der Waals surface area contributed by atoms with Crippen LogP contribution in [0.25, 0.3) is 0 Å². The summed E-state index contributed by atoms with van der Waals surface area (Å²) in [6, 6.07) is 4.89. The Bertz CT molecular complexity index is 907. The topological polar surface area (TPSA) is 74.3 Å². The normalized spacial score (nSPS) is 11.3. The number of carbonyl (C=O) groups excluding carboxylic acids is 2. The molecule has 0 saturated carbocycles. The summed E-state index contributed by atoms with van der Waals surface area (Å²) >= 11 is 0. The second-order valence-corrected chi connectivity index (χ2v) is 10.7. The minimum atomic E-state index is -3.29. The van der Waals surface area contributed by atoms with Gasteiger partial charge in [-0.25, -0.2) is 8.78 Å². The molecule has 2 rings (SSSR count). The number of rotatable bonds is 6. The molecule has 0 unspecified atom stereocenters. The van der Waals surface area contributed by atoms with Crippen molar-refractivity contribution in [1.82, 2.24) is 15.8 Å². The number of hydrogen-bond acceptors (Lipinski definition) is 4. The van der Waals surface area contributed by atoms with Crippen LogP contribution in [0.3, 0.4) is 0 Å². The van der Waals surface area contributed by atoms with Crippen LogP contribution in [0.4, 0.5) is 23.2 Å². The van der Waals surface area contributed by atoms with E-state index < -0.39 is 40.1 Å². The van der Waals surface area contributed by atoms with E-state index in [4.69, 9.17) is 0 Å². The van der Waals surface area contributed by atoms with E-state index in [0.29, 0.717) is 5.69 Å². The zero-order valence-electron chi connectivity index (χ0n) is 17.9. The van der Waals surface area contributed by atoms with Gasteiger partial charge in [0.25, 0.3) is 5.91 Å². The summed E-state index contributed by atoms with van der Waals surface area (Å²) in [7, 11) is -1.44. The van der Waals surface area contributed by atoms with Crippen LogP contribution in [0.1, 0.15) is 29.8 Å². The summed E-state index contributed by atoms with van der Waals surface area (Å²) in [5.74, 6) is -3.86. The molecular formula is C20H26F4N4O2S. The van der Waals surface area contributed by atoms with E-state index >= 15 is 0 Å². The van der Waals surface area contributed by atoms with Crippen molar-refractivity contribution in [1.29, 1.82) is 0 Å². The summed E-state index contributed by atoms with van der Waals surface area (Å²) in [4.78, 5) is 26.5. The van der Waals surface area contributed by atoms with Crippen molar-refractivity contribution in [3.63, 3.8) is 0 Å². The smallest absolute Gasteiger partial charge is 0.317 e. The fourth-order valence-corrected chi connectivity index (χ4v) is 3.61. The third-order valence-electron chi connectivity index (χ3n) is 3.77. The highest BCUT2D eigenvalue weighted by molar-refractivity contribution is 8.33. The van der Waals surface area contributed by atoms with E-state index in [2.05, 4.69) is 4.98 Å². The Morgan fingerprint density at radius 1 is 1.06 bits per heavy atom. The van der Waals surface area contributed by atoms with E-state index in [1.165, 1.54) is 29.8 Å². The largest absolute Gasteiger partial charge is 0.329 e. The molecule has 0 aliphatic heterocycles. The van der Waals surface area contributed by atoms with Gasteiger partial charge < -0.3 is 4.31 Å². The predicted molar refractivity (Wildman–Crippen MR) is 115 cm³/mol. The number of aromatic nitrogens is 1. The minimum Gasteiger partial charge on any atom is -0.329 e. The fraction of sp³-hybridized carbons (Fsp3) is 0.350. The Morgan fingerprint density at radius 2 is 1.71 bits per heavy atom. The highest BCUT2D eigenvalue weighted by Crippen LogP contribution is 2.44. The number of amides is 2. The summed E-state index contributed by atoms with van der Waals surface area (Å²) in [6.45, 7) is 4.10. The van der Waals surface area contributed by atoms with Crippen LogP contribution in [0.2, 0.25) is 0 Å². The molecule has 172 valence electrons. The number of hydrazine groups is 1. The van der Waals surface area contributed by atoms with Crippen LogP contribution in [0, 0.1) is 11.6 Å². The van der Waals surface area contributed by atoms with Crippen molar-refractivity contribution in [3.05, 3.63) is 59.4 Å². The molecular weight excluding hydrogens is 436 g/mol. The maximum atomic E-state index is 14.6. The Balaban J connectivity index is 0.00000233. The van der Waals surface area contributed by atoms with Gasteiger partial charge in [-0.15, -0.1) is 0 Å². The van der Waals surface area contributed by atoms with Gasteiger partial charge in [0.2, 0.25) is 0 Å². The lowest BCUT2D eigenvalue weighted by atomic mass is 10.1. The molecule has 6 nitrogen and oxygen atoms in total. The molecule has 0 bridgehead atoms. The number of halogens is 4. The first kappa shape index (κ1) is 26.2. The molecule has 1 aromatic heterocycles. The van der Waals surface area contributed by atoms with Crippen LogP contribution in [-0.2, 0) is 11.3 Å². The molecule has 2 amide bonds. The van der Waals surface area contributed by atoms with Crippen LogP contribution in [0.5, 0.6) is 0 Å². The first-order valence-corrected chi connectivity index (χ1v) is 12.0. The molecule has 0 saturated heterocycles. The van der Waals surface area contributed by atoms with Gasteiger partial charge in [0, 0.05) is 17.2 Å². The number of pyridine rings is 1. The quantitative estimate of drug-likeness (QED) is 0.502. The average Bonchev–Trinajstić information content (AvgIpc) is 2.71. The van der Waals surface area contributed by atoms with Gasteiger partial charge in [0.05, 0.1) is 24.6 Å². The van der Waals surface area contributed by atoms with Crippen LogP contribution in [0.15, 0.2) is 36.7 Å². The minimum absolute atomic E-state index is 0.0970. The van der Waals surface area contributed by atoms with Crippen molar-refractivity contribution >= 4 is 27.7 Å². The van der Waals surface area contributed by atoms with Gasteiger partial charge in [0.1, 0.15) is 11.6 Å². The third kappa shape index (κ3) is 7.74. The van der Waals surface area contributed by atoms with Crippen LogP contribution >= 0.6 is 10.2 Å². The molecule has 31 heavy (non-hydrogen) atoms. The number of anilines is 1. The van der Waals surface area contributed by atoms with E-state index in [1.54, 1.807) is 5.43 Å². The SMILES string of the molecule is CC.CS(C)(C)N(Cc1ccc(C(=O)NNC(=O)C(F)F)cc1F)c1cncc(F)c1. The summed E-state index contributed by atoms with van der Waals surface area (Å²) in [6.07, 6.45) is 5.10. The van der Waals surface area contributed by atoms with E-state index in [1.807, 2.05) is 36.9 Å². The average molecular weight is 463 g/mol. The van der Waals surface area contributed by atoms with Gasteiger partial charge in [-0.1, -0.05) is 19.9 Å². The lowest BCUT2D eigenvalue weighted by molar-refractivity contribution is -0.132. The summed E-state index contributed by atoms with van der Waals surface area (Å²) in [5.41, 5.74) is 3.88. The molecule has 0 fully saturated rings. The maximum absolute atomic E-state index is 14.6. The number of nitrogens with zero attached hydrogens (tertiary/aromatic N) is 2. The zero-order valence-corrected chi connectivity index (χ0v) is 18.7. The third-order valence-corrected chi connectivity index (χ3v) is 5.43. The van der Waals surface area contributed by atoms with Crippen LogP contribution in [-0.4, -0.2) is 42.0 Å². The highest BCUT2D eigenvalue weighted by Gasteiger charge is 2.21. The fourth-order valence-electron chi connectivity index (χ4n) is 2.35. The lowest BCUT2D eigenvalue weighted by Crippen LogP contribution is -2.44. The molecule has 0 aliphatic carbocycles. The van der Waals surface area contributed by atoms with Gasteiger partial charge in [-0.2, -0.15) is 19.0 Å². The van der Waals surface area contributed by atoms with Gasteiger partial charge in [-0.3, -0.25) is 25.4 Å². The van der Waals surface area contributed by atoms with Crippen molar-refractivity contribution in [2.45, 2.75) is 26.8 Å². The molecule has 0 aliphatic rings. The molecule has 0 atom stereocenters. The second-order valence-electron chi connectivity index (χ2n) is 6.72. The molecule has 11 heteroatoms. The van der Waals surface area contributed by atoms with E-state index in [9.17, 15) is 27.2 Å². The Morgan fingerprint density at radius 3 is 2.23 bits per heavy atom. The Hall–Kier alpha value is -2.82. The maximum Gasteiger partial charge on any atom is 0.317 e. The summed E-state index contributed by atoms with van der Waals surface area (Å²) in [5, 5.41) is 0. The number of hydrogen-bond donors (Lipinski definition) is 2. The molecule has 2 N–H and O–H groups in total. The number of alkyl halides is 2. The second kappa shape index (κ2) is 11.5. The van der Waals surface area contributed by atoms with Gasteiger partial charge in [0.15, 0.2) is 0 Å². The summed E-state index contributed by atoms with van der Waals surface area (Å²) < 4.78 is 54.2. The molecule has 0 spiro atoms. The van der Waals surface area contributed by atoms with Crippen molar-refractivity contribution in [3.8, 4) is 0 Å². The number of nitrogens with one attached hydrogen (secondary N) is 2. The first-order valence-electron chi connectivity index (χ1n) is 9.22. The number of carbonyl (C=O) groups is 2. The number of benzene rings is 1. The monoisotopic (exact) mass is 462 g/mol. The highest BCUT2D eigenvalue weighted by atomic mass is 32.3. The molecule has 1 heterocycles. The van der Waals surface area contributed by atoms with Crippen LogP contribution < -0.4 is 15.2 Å². The molecule has 1 aromatic carbocycles. The predicted octanol–water partition coefficient (Wildman–Crippen LogP) is 4.03. The Labute approximate surface area is 180 Å². The molecule has 0 radical (unpaired) electrons. The van der Waals surface area contributed by atoms with E-state index in [0.717, 1.165) is 12.3 Å².